The summed E-state index contributed by atoms with van der Waals surface area (Å²) in [5.74, 6) is -0.427. The summed E-state index contributed by atoms with van der Waals surface area (Å²) >= 11 is 1.35. The van der Waals surface area contributed by atoms with Crippen LogP contribution in [-0.2, 0) is 6.42 Å². The van der Waals surface area contributed by atoms with E-state index in [4.69, 9.17) is 0 Å². The molecule has 0 aliphatic carbocycles. The molecule has 27 heavy (non-hydrogen) atoms. The largest absolute Gasteiger partial charge is 0.492 e. The normalized spacial score (nSPS) is 17.6. The second kappa shape index (κ2) is 7.16. The molecule has 5 nitrogen and oxygen atoms in total. The zero-order chi connectivity index (χ0) is 19.1. The topological polar surface area (TPSA) is 53.7 Å². The monoisotopic (exact) mass is 392 g/mol. The van der Waals surface area contributed by atoms with Gasteiger partial charge in [0.1, 0.15) is 0 Å². The van der Waals surface area contributed by atoms with Crippen molar-refractivity contribution in [3.63, 3.8) is 0 Å². The van der Waals surface area contributed by atoms with Crippen LogP contribution in [0.1, 0.15) is 49.0 Å². The molecule has 0 radical (unpaired) electrons. The summed E-state index contributed by atoms with van der Waals surface area (Å²) in [5.41, 5.74) is 0.624. The van der Waals surface area contributed by atoms with Crippen LogP contribution >= 0.6 is 11.3 Å². The number of piperidine rings is 1. The Morgan fingerprint density at radius 1 is 1.26 bits per heavy atom. The van der Waals surface area contributed by atoms with Crippen molar-refractivity contribution in [2.45, 2.75) is 39.2 Å². The predicted octanol–water partition coefficient (Wildman–Crippen LogP) is 4.16. The maximum absolute atomic E-state index is 13.9. The van der Waals surface area contributed by atoms with E-state index in [1.54, 1.807) is 6.07 Å². The van der Waals surface area contributed by atoms with Crippen molar-refractivity contribution in [2.75, 3.05) is 13.1 Å². The summed E-state index contributed by atoms with van der Waals surface area (Å²) < 4.78 is 28.9. The van der Waals surface area contributed by atoms with Gasteiger partial charge < -0.3 is 5.11 Å². The number of benzene rings is 1. The SMILES string of the molecule is CCc1nc2sc(C(c3ccc(F)c(F)c3)N3CCC(C)CC3)c(O)n2n1. The van der Waals surface area contributed by atoms with E-state index < -0.39 is 11.6 Å². The van der Waals surface area contributed by atoms with Crippen LogP contribution in [0.5, 0.6) is 5.88 Å². The molecule has 4 rings (SSSR count). The summed E-state index contributed by atoms with van der Waals surface area (Å²) in [6.07, 6.45) is 2.74. The number of halogens is 2. The van der Waals surface area contributed by atoms with Gasteiger partial charge in [0, 0.05) is 6.42 Å². The fourth-order valence-corrected chi connectivity index (χ4v) is 4.75. The van der Waals surface area contributed by atoms with Crippen molar-refractivity contribution < 1.29 is 13.9 Å². The second-order valence-corrected chi connectivity index (χ2v) is 8.17. The van der Waals surface area contributed by atoms with Gasteiger partial charge in [0.15, 0.2) is 17.5 Å². The van der Waals surface area contributed by atoms with E-state index >= 15 is 0 Å². The molecule has 3 aromatic rings. The van der Waals surface area contributed by atoms with Gasteiger partial charge in [0.25, 0.3) is 0 Å². The van der Waals surface area contributed by atoms with Gasteiger partial charge in [-0.15, -0.1) is 5.10 Å². The first-order chi connectivity index (χ1) is 13.0. The number of fused-ring (bicyclic) bond motifs is 1. The van der Waals surface area contributed by atoms with E-state index in [1.807, 2.05) is 6.92 Å². The quantitative estimate of drug-likeness (QED) is 0.724. The molecule has 0 amide bonds. The molecule has 0 spiro atoms. The molecular formula is C19H22F2N4OS. The lowest BCUT2D eigenvalue weighted by molar-refractivity contribution is 0.157. The number of aromatic nitrogens is 3. The molecule has 1 unspecified atom stereocenters. The van der Waals surface area contributed by atoms with Crippen LogP contribution in [0.25, 0.3) is 4.96 Å². The van der Waals surface area contributed by atoms with Gasteiger partial charge in [-0.25, -0.2) is 13.8 Å². The molecule has 3 heterocycles. The molecule has 0 saturated carbocycles. The summed E-state index contributed by atoms with van der Waals surface area (Å²) in [5, 5.41) is 15.1. The Kier molecular flexibility index (Phi) is 4.86. The van der Waals surface area contributed by atoms with Crippen molar-refractivity contribution in [2.24, 2.45) is 5.92 Å². The molecule has 1 aromatic carbocycles. The Bertz CT molecular complexity index is 962. The number of thiazole rings is 1. The number of hydrogen-bond donors (Lipinski definition) is 1. The lowest BCUT2D eigenvalue weighted by atomic mass is 9.95. The maximum Gasteiger partial charge on any atom is 0.230 e. The first-order valence-corrected chi connectivity index (χ1v) is 10.1. The first kappa shape index (κ1) is 18.3. The van der Waals surface area contributed by atoms with E-state index in [0.717, 1.165) is 32.0 Å². The van der Waals surface area contributed by atoms with Crippen molar-refractivity contribution in [1.82, 2.24) is 19.5 Å². The Morgan fingerprint density at radius 3 is 2.63 bits per heavy atom. The van der Waals surface area contributed by atoms with Crippen molar-refractivity contribution in [3.8, 4) is 5.88 Å². The van der Waals surface area contributed by atoms with Crippen LogP contribution in [0.3, 0.4) is 0 Å². The van der Waals surface area contributed by atoms with Gasteiger partial charge >= 0.3 is 0 Å². The lowest BCUT2D eigenvalue weighted by Crippen LogP contribution is -2.36. The van der Waals surface area contributed by atoms with Gasteiger partial charge in [-0.1, -0.05) is 31.3 Å². The highest BCUT2D eigenvalue weighted by molar-refractivity contribution is 7.17. The van der Waals surface area contributed by atoms with Crippen LogP contribution in [0, 0.1) is 17.6 Å². The van der Waals surface area contributed by atoms with Gasteiger partial charge in [-0.2, -0.15) is 4.52 Å². The Morgan fingerprint density at radius 2 is 2.00 bits per heavy atom. The van der Waals surface area contributed by atoms with Crippen molar-refractivity contribution in [3.05, 3.63) is 46.1 Å². The van der Waals surface area contributed by atoms with Gasteiger partial charge in [-0.3, -0.25) is 4.90 Å². The zero-order valence-corrected chi connectivity index (χ0v) is 16.1. The minimum Gasteiger partial charge on any atom is -0.492 e. The van der Waals surface area contributed by atoms with E-state index in [9.17, 15) is 13.9 Å². The standard InChI is InChI=1S/C19H22F2N4OS/c1-3-15-22-19-25(23-15)18(26)17(27-19)16(24-8-6-11(2)7-9-24)12-4-5-13(20)14(21)10-12/h4-5,10-11,16,26H,3,6-9H2,1-2H3. The number of aryl methyl sites for hydroxylation is 1. The molecule has 1 aliphatic heterocycles. The average molecular weight is 392 g/mol. The number of aromatic hydroxyl groups is 1. The molecule has 1 aliphatic rings. The predicted molar refractivity (Wildman–Crippen MR) is 100 cm³/mol. The molecule has 8 heteroatoms. The number of hydrogen-bond acceptors (Lipinski definition) is 5. The second-order valence-electron chi connectivity index (χ2n) is 7.16. The third kappa shape index (κ3) is 3.32. The Labute approximate surface area is 160 Å². The minimum atomic E-state index is -0.880. The third-order valence-electron chi connectivity index (χ3n) is 5.25. The average Bonchev–Trinajstić information content (AvgIpc) is 3.19. The first-order valence-electron chi connectivity index (χ1n) is 9.24. The molecule has 144 valence electrons. The van der Waals surface area contributed by atoms with Crippen molar-refractivity contribution in [1.29, 1.82) is 0 Å². The van der Waals surface area contributed by atoms with E-state index in [-0.39, 0.29) is 11.9 Å². The summed E-state index contributed by atoms with van der Waals surface area (Å²) in [6.45, 7) is 5.84. The van der Waals surface area contributed by atoms with Gasteiger partial charge in [0.05, 0.1) is 10.9 Å². The van der Waals surface area contributed by atoms with Crippen LogP contribution in [0.4, 0.5) is 8.78 Å². The molecule has 0 bridgehead atoms. The molecular weight excluding hydrogens is 370 g/mol. The van der Waals surface area contributed by atoms with Crippen LogP contribution < -0.4 is 0 Å². The Balaban J connectivity index is 1.80. The van der Waals surface area contributed by atoms with Gasteiger partial charge in [-0.05, 0) is 49.5 Å². The summed E-state index contributed by atoms with van der Waals surface area (Å²) in [7, 11) is 0. The molecule has 1 atom stereocenters. The summed E-state index contributed by atoms with van der Waals surface area (Å²) in [6, 6.07) is 3.61. The minimum absolute atomic E-state index is 0.0237. The maximum atomic E-state index is 13.9. The number of rotatable bonds is 4. The molecule has 1 N–H and O–H groups in total. The number of nitrogens with zero attached hydrogens (tertiary/aromatic N) is 4. The van der Waals surface area contributed by atoms with E-state index in [2.05, 4.69) is 21.9 Å². The molecule has 2 aromatic heterocycles. The van der Waals surface area contributed by atoms with Crippen LogP contribution in [-0.4, -0.2) is 37.7 Å². The van der Waals surface area contributed by atoms with Gasteiger partial charge in [0.2, 0.25) is 10.8 Å². The smallest absolute Gasteiger partial charge is 0.230 e. The highest BCUT2D eigenvalue weighted by Crippen LogP contribution is 2.41. The molecule has 1 saturated heterocycles. The highest BCUT2D eigenvalue weighted by Gasteiger charge is 2.32. The van der Waals surface area contributed by atoms with Crippen LogP contribution in [0.15, 0.2) is 18.2 Å². The van der Waals surface area contributed by atoms with E-state index in [1.165, 1.54) is 21.9 Å². The Hall–Kier alpha value is -2.06. The zero-order valence-electron chi connectivity index (χ0n) is 15.3. The van der Waals surface area contributed by atoms with E-state index in [0.29, 0.717) is 33.6 Å². The van der Waals surface area contributed by atoms with Crippen molar-refractivity contribution >= 4 is 16.3 Å². The number of likely N-dealkylation sites (tertiary alicyclic amines) is 1. The fourth-order valence-electron chi connectivity index (χ4n) is 3.62. The molecule has 1 fully saturated rings. The summed E-state index contributed by atoms with van der Waals surface area (Å²) in [4.78, 5) is 7.93. The van der Waals surface area contributed by atoms with Crippen LogP contribution in [0.2, 0.25) is 0 Å². The highest BCUT2D eigenvalue weighted by atomic mass is 32.1. The third-order valence-corrected chi connectivity index (χ3v) is 6.32. The fraction of sp³-hybridized carbons (Fsp3) is 0.474. The lowest BCUT2D eigenvalue weighted by Gasteiger charge is -2.36.